The molecule has 2 aliphatic rings. The minimum Gasteiger partial charge on any atom is -0.0776 e. The quantitative estimate of drug-likeness (QED) is 0.182. The molecular formula is C39H32. The molecule has 0 radical (unpaired) electrons. The van der Waals surface area contributed by atoms with Crippen molar-refractivity contribution in [3.63, 3.8) is 0 Å². The second-order valence-corrected chi connectivity index (χ2v) is 12.6. The van der Waals surface area contributed by atoms with Crippen LogP contribution in [-0.4, -0.2) is 0 Å². The maximum absolute atomic E-state index is 2.56. The van der Waals surface area contributed by atoms with E-state index in [-0.39, 0.29) is 18.3 Å². The van der Waals surface area contributed by atoms with Crippen LogP contribution in [0.15, 0.2) is 97.1 Å². The SMILES string of the molecule is C.CC1(C)c2cc3c(cc2-c2c1ccc1ccccc21)C(C)(C)c1cc2ccc4cccc5ccc(c1-3)c2c45. The maximum Gasteiger partial charge on any atom is 0.0159 e. The van der Waals surface area contributed by atoms with Gasteiger partial charge in [-0.2, -0.15) is 0 Å². The molecular weight excluding hydrogens is 468 g/mol. The highest BCUT2D eigenvalue weighted by Crippen LogP contribution is 2.59. The Balaban J connectivity index is 0.00000235. The van der Waals surface area contributed by atoms with Gasteiger partial charge in [0.15, 0.2) is 0 Å². The van der Waals surface area contributed by atoms with Gasteiger partial charge >= 0.3 is 0 Å². The van der Waals surface area contributed by atoms with Crippen LogP contribution >= 0.6 is 0 Å². The molecule has 0 amide bonds. The summed E-state index contributed by atoms with van der Waals surface area (Å²) in [5.74, 6) is 0. The summed E-state index contributed by atoms with van der Waals surface area (Å²) in [5, 5.41) is 10.9. The van der Waals surface area contributed by atoms with Crippen LogP contribution in [0.2, 0.25) is 0 Å². The number of hydrogen-bond acceptors (Lipinski definition) is 0. The Morgan fingerprint density at radius 3 is 1.72 bits per heavy atom. The molecule has 9 rings (SSSR count). The number of hydrogen-bond donors (Lipinski definition) is 0. The Hall–Kier alpha value is -4.16. The van der Waals surface area contributed by atoms with Gasteiger partial charge in [-0.25, -0.2) is 0 Å². The average Bonchev–Trinajstić information content (AvgIpc) is 3.30. The molecule has 0 nitrogen and oxygen atoms in total. The number of benzene rings is 7. The molecule has 7 aromatic carbocycles. The standard InChI is InChI=1S/C38H28.CH4/c1-37(2)29-17-15-21-8-5-6-11-25(21)35(29)27-19-31-28(20-30(27)37)36-26-16-14-23-10-7-9-22-12-13-24(34(26)33(22)23)18-32(36)38(31,3)4;/h5-20H,1-4H3;1H4. The van der Waals surface area contributed by atoms with Crippen molar-refractivity contribution in [3.8, 4) is 22.3 Å². The Morgan fingerprint density at radius 2 is 0.974 bits per heavy atom. The first-order valence-corrected chi connectivity index (χ1v) is 13.8. The normalized spacial score (nSPS) is 15.9. The third kappa shape index (κ3) is 2.56. The predicted molar refractivity (Wildman–Crippen MR) is 170 cm³/mol. The molecule has 0 saturated carbocycles. The van der Waals surface area contributed by atoms with E-state index in [9.17, 15) is 0 Å². The molecule has 0 atom stereocenters. The van der Waals surface area contributed by atoms with Crippen molar-refractivity contribution in [3.05, 3.63) is 119 Å². The van der Waals surface area contributed by atoms with E-state index >= 15 is 0 Å². The molecule has 0 heterocycles. The third-order valence-electron chi connectivity index (χ3n) is 9.97. The molecule has 0 aromatic heterocycles. The molecule has 0 heteroatoms. The zero-order chi connectivity index (χ0) is 25.6. The van der Waals surface area contributed by atoms with Crippen LogP contribution in [0.5, 0.6) is 0 Å². The van der Waals surface area contributed by atoms with Crippen molar-refractivity contribution in [2.24, 2.45) is 0 Å². The lowest BCUT2D eigenvalue weighted by molar-refractivity contribution is 0.652. The van der Waals surface area contributed by atoms with Crippen LogP contribution in [0.1, 0.15) is 57.4 Å². The van der Waals surface area contributed by atoms with E-state index in [1.54, 1.807) is 0 Å². The maximum atomic E-state index is 2.56. The fourth-order valence-electron chi connectivity index (χ4n) is 8.01. The molecule has 7 aromatic rings. The summed E-state index contributed by atoms with van der Waals surface area (Å²) in [5.41, 5.74) is 11.4. The first-order valence-electron chi connectivity index (χ1n) is 13.8. The topological polar surface area (TPSA) is 0 Å². The van der Waals surface area contributed by atoms with Gasteiger partial charge in [-0.1, -0.05) is 114 Å². The van der Waals surface area contributed by atoms with Crippen LogP contribution in [0.25, 0.3) is 65.3 Å². The summed E-state index contributed by atoms with van der Waals surface area (Å²) in [6.45, 7) is 9.66. The van der Waals surface area contributed by atoms with E-state index in [2.05, 4.69) is 125 Å². The van der Waals surface area contributed by atoms with Crippen molar-refractivity contribution in [1.29, 1.82) is 0 Å². The van der Waals surface area contributed by atoms with Crippen LogP contribution in [0, 0.1) is 0 Å². The van der Waals surface area contributed by atoms with Crippen LogP contribution in [-0.2, 0) is 10.8 Å². The summed E-state index contributed by atoms with van der Waals surface area (Å²) < 4.78 is 0. The Labute approximate surface area is 230 Å². The molecule has 0 saturated heterocycles. The van der Waals surface area contributed by atoms with Gasteiger partial charge in [-0.15, -0.1) is 0 Å². The summed E-state index contributed by atoms with van der Waals surface area (Å²) in [6, 6.07) is 37.2. The second-order valence-electron chi connectivity index (χ2n) is 12.6. The fourth-order valence-corrected chi connectivity index (χ4v) is 8.01. The minimum absolute atomic E-state index is 0. The van der Waals surface area contributed by atoms with Gasteiger partial charge in [0.05, 0.1) is 0 Å². The van der Waals surface area contributed by atoms with Gasteiger partial charge in [0.2, 0.25) is 0 Å². The molecule has 188 valence electrons. The number of rotatable bonds is 0. The van der Waals surface area contributed by atoms with Gasteiger partial charge in [-0.3, -0.25) is 0 Å². The van der Waals surface area contributed by atoms with E-state index in [1.807, 2.05) is 0 Å². The molecule has 2 aliphatic carbocycles. The molecule has 0 fully saturated rings. The van der Waals surface area contributed by atoms with Crippen molar-refractivity contribution >= 4 is 43.1 Å². The molecule has 0 unspecified atom stereocenters. The lowest BCUT2D eigenvalue weighted by Crippen LogP contribution is -2.17. The van der Waals surface area contributed by atoms with E-state index in [4.69, 9.17) is 0 Å². The molecule has 0 spiro atoms. The summed E-state index contributed by atoms with van der Waals surface area (Å²) in [7, 11) is 0. The van der Waals surface area contributed by atoms with Gasteiger partial charge in [0.25, 0.3) is 0 Å². The Bertz CT molecular complexity index is 2150. The second kappa shape index (κ2) is 7.07. The highest BCUT2D eigenvalue weighted by molar-refractivity contribution is 6.26. The average molecular weight is 501 g/mol. The molecule has 39 heavy (non-hydrogen) atoms. The van der Waals surface area contributed by atoms with Crippen molar-refractivity contribution in [1.82, 2.24) is 0 Å². The largest absolute Gasteiger partial charge is 0.0776 e. The monoisotopic (exact) mass is 500 g/mol. The lowest BCUT2D eigenvalue weighted by atomic mass is 9.79. The Morgan fingerprint density at radius 1 is 0.410 bits per heavy atom. The first kappa shape index (κ1) is 22.8. The van der Waals surface area contributed by atoms with Crippen LogP contribution in [0.3, 0.4) is 0 Å². The van der Waals surface area contributed by atoms with Gasteiger partial charge in [0.1, 0.15) is 0 Å². The van der Waals surface area contributed by atoms with E-state index in [0.29, 0.717) is 0 Å². The van der Waals surface area contributed by atoms with Crippen molar-refractivity contribution < 1.29 is 0 Å². The van der Waals surface area contributed by atoms with Gasteiger partial charge < -0.3 is 0 Å². The predicted octanol–water partition coefficient (Wildman–Crippen LogP) is 11.0. The molecule has 0 N–H and O–H groups in total. The lowest BCUT2D eigenvalue weighted by Gasteiger charge is -2.24. The van der Waals surface area contributed by atoms with Crippen LogP contribution < -0.4 is 0 Å². The zero-order valence-electron chi connectivity index (χ0n) is 22.2. The van der Waals surface area contributed by atoms with Crippen molar-refractivity contribution in [2.75, 3.05) is 0 Å². The third-order valence-corrected chi connectivity index (χ3v) is 9.97. The van der Waals surface area contributed by atoms with E-state index in [1.165, 1.54) is 87.6 Å². The van der Waals surface area contributed by atoms with Crippen LogP contribution in [0.4, 0.5) is 0 Å². The summed E-state index contributed by atoms with van der Waals surface area (Å²) in [4.78, 5) is 0. The highest BCUT2D eigenvalue weighted by atomic mass is 14.5. The molecule has 0 aliphatic heterocycles. The van der Waals surface area contributed by atoms with Crippen molar-refractivity contribution in [2.45, 2.75) is 46.0 Å². The Kier molecular flexibility index (Phi) is 4.13. The van der Waals surface area contributed by atoms with Gasteiger partial charge in [0, 0.05) is 10.8 Å². The first-order chi connectivity index (χ1) is 18.4. The van der Waals surface area contributed by atoms with Gasteiger partial charge in [-0.05, 0) is 106 Å². The minimum atomic E-state index is -0.0678. The molecule has 0 bridgehead atoms. The smallest absolute Gasteiger partial charge is 0.0159 e. The zero-order valence-corrected chi connectivity index (χ0v) is 22.2. The summed E-state index contributed by atoms with van der Waals surface area (Å²) in [6.07, 6.45) is 0. The highest BCUT2D eigenvalue weighted by Gasteiger charge is 2.42. The number of fused-ring (bicyclic) bond motifs is 9. The van der Waals surface area contributed by atoms with E-state index < -0.39 is 0 Å². The fraction of sp³-hybridized carbons (Fsp3) is 0.179. The summed E-state index contributed by atoms with van der Waals surface area (Å²) >= 11 is 0. The van der Waals surface area contributed by atoms with E-state index in [0.717, 1.165) is 0 Å².